The summed E-state index contributed by atoms with van der Waals surface area (Å²) in [6.45, 7) is 8.18. The van der Waals surface area contributed by atoms with E-state index in [-0.39, 0.29) is 18.1 Å². The fraction of sp³-hybridized carbons (Fsp3) is 0.696. The van der Waals surface area contributed by atoms with Gasteiger partial charge < -0.3 is 25.2 Å². The fourth-order valence-corrected chi connectivity index (χ4v) is 4.43. The Morgan fingerprint density at radius 2 is 2.17 bits per heavy atom. The third-order valence-corrected chi connectivity index (χ3v) is 6.27. The van der Waals surface area contributed by atoms with Crippen LogP contribution in [0.1, 0.15) is 44.2 Å². The van der Waals surface area contributed by atoms with E-state index in [4.69, 9.17) is 14.5 Å². The number of aliphatic hydroxyl groups is 1. The number of rotatable bonds is 10. The minimum absolute atomic E-state index is 0.0434. The highest BCUT2D eigenvalue weighted by molar-refractivity contribution is 5.79. The van der Waals surface area contributed by atoms with E-state index in [1.54, 1.807) is 7.11 Å². The zero-order valence-corrected chi connectivity index (χ0v) is 18.5. The SMILES string of the molecule is CCNC(=NCC1(CCO)CCOC1)NCC(c1cccc(OC)c1)N1CCCC1. The van der Waals surface area contributed by atoms with Crippen molar-refractivity contribution in [2.45, 2.75) is 38.6 Å². The standard InChI is InChI=1S/C23H38N4O3/c1-3-24-22(26-17-23(9-13-28)10-14-30-18-23)25-16-21(27-11-4-5-12-27)19-7-6-8-20(15-19)29-2/h6-8,15,21,28H,3-5,9-14,16-18H2,1-2H3,(H2,24,25,26). The van der Waals surface area contributed by atoms with Gasteiger partial charge in [-0.15, -0.1) is 0 Å². The molecule has 3 N–H and O–H groups in total. The van der Waals surface area contributed by atoms with Gasteiger partial charge in [-0.1, -0.05) is 12.1 Å². The van der Waals surface area contributed by atoms with Crippen molar-refractivity contribution in [3.8, 4) is 5.75 Å². The molecule has 168 valence electrons. The van der Waals surface area contributed by atoms with Gasteiger partial charge in [0.2, 0.25) is 0 Å². The molecule has 0 aromatic heterocycles. The molecular weight excluding hydrogens is 380 g/mol. The molecular formula is C23H38N4O3. The molecule has 0 amide bonds. The Labute approximate surface area is 180 Å². The number of ether oxygens (including phenoxy) is 2. The van der Waals surface area contributed by atoms with Crippen LogP contribution in [0.5, 0.6) is 5.75 Å². The molecule has 0 radical (unpaired) electrons. The maximum Gasteiger partial charge on any atom is 0.191 e. The summed E-state index contributed by atoms with van der Waals surface area (Å²) in [7, 11) is 1.72. The fourth-order valence-electron chi connectivity index (χ4n) is 4.43. The van der Waals surface area contributed by atoms with Gasteiger partial charge in [-0.2, -0.15) is 0 Å². The van der Waals surface area contributed by atoms with Gasteiger partial charge in [-0.3, -0.25) is 9.89 Å². The van der Waals surface area contributed by atoms with Crippen LogP contribution >= 0.6 is 0 Å². The Morgan fingerprint density at radius 1 is 1.33 bits per heavy atom. The van der Waals surface area contributed by atoms with E-state index in [9.17, 15) is 5.11 Å². The predicted molar refractivity (Wildman–Crippen MR) is 120 cm³/mol. The average Bonchev–Trinajstić information content (AvgIpc) is 3.46. The zero-order chi connectivity index (χ0) is 21.2. The highest BCUT2D eigenvalue weighted by atomic mass is 16.5. The minimum Gasteiger partial charge on any atom is -0.497 e. The normalized spacial score (nSPS) is 23.5. The molecule has 30 heavy (non-hydrogen) atoms. The first kappa shape index (κ1) is 22.8. The maximum atomic E-state index is 9.48. The monoisotopic (exact) mass is 418 g/mol. The van der Waals surface area contributed by atoms with Crippen molar-refractivity contribution in [2.24, 2.45) is 10.4 Å². The lowest BCUT2D eigenvalue weighted by atomic mass is 9.84. The minimum atomic E-state index is -0.0434. The lowest BCUT2D eigenvalue weighted by molar-refractivity contribution is 0.131. The van der Waals surface area contributed by atoms with Gasteiger partial charge in [-0.25, -0.2) is 0 Å². The number of hydrogen-bond acceptors (Lipinski definition) is 5. The molecule has 0 aliphatic carbocycles. The largest absolute Gasteiger partial charge is 0.497 e. The maximum absolute atomic E-state index is 9.48. The van der Waals surface area contributed by atoms with E-state index in [0.717, 1.165) is 57.3 Å². The molecule has 2 fully saturated rings. The molecule has 0 saturated carbocycles. The zero-order valence-electron chi connectivity index (χ0n) is 18.5. The van der Waals surface area contributed by atoms with Gasteiger partial charge in [0.15, 0.2) is 5.96 Å². The molecule has 1 aromatic rings. The molecule has 2 aliphatic heterocycles. The van der Waals surface area contributed by atoms with Crippen LogP contribution in [0.15, 0.2) is 29.3 Å². The molecule has 2 heterocycles. The van der Waals surface area contributed by atoms with Gasteiger partial charge in [0, 0.05) is 31.7 Å². The first-order chi connectivity index (χ1) is 14.7. The summed E-state index contributed by atoms with van der Waals surface area (Å²) < 4.78 is 11.1. The summed E-state index contributed by atoms with van der Waals surface area (Å²) >= 11 is 0. The number of aliphatic imine (C=N–C) groups is 1. The number of hydrogen-bond donors (Lipinski definition) is 3. The van der Waals surface area contributed by atoms with Gasteiger partial charge in [0.25, 0.3) is 0 Å². The molecule has 1 aromatic carbocycles. The van der Waals surface area contributed by atoms with E-state index < -0.39 is 0 Å². The van der Waals surface area contributed by atoms with Crippen molar-refractivity contribution < 1.29 is 14.6 Å². The second-order valence-corrected chi connectivity index (χ2v) is 8.39. The second-order valence-electron chi connectivity index (χ2n) is 8.39. The number of likely N-dealkylation sites (tertiary alicyclic amines) is 1. The Morgan fingerprint density at radius 3 is 2.83 bits per heavy atom. The van der Waals surface area contributed by atoms with Crippen LogP contribution in [-0.2, 0) is 4.74 Å². The van der Waals surface area contributed by atoms with Crippen LogP contribution in [0.3, 0.4) is 0 Å². The molecule has 3 rings (SSSR count). The third kappa shape index (κ3) is 6.09. The Balaban J connectivity index is 1.70. The molecule has 0 spiro atoms. The van der Waals surface area contributed by atoms with Crippen molar-refractivity contribution in [1.82, 2.24) is 15.5 Å². The van der Waals surface area contributed by atoms with Gasteiger partial charge in [0.05, 0.1) is 26.3 Å². The lowest BCUT2D eigenvalue weighted by Crippen LogP contribution is -2.43. The van der Waals surface area contributed by atoms with E-state index in [2.05, 4.69) is 40.7 Å². The van der Waals surface area contributed by atoms with Gasteiger partial charge in [-0.05, 0) is 63.4 Å². The molecule has 2 atom stereocenters. The number of aliphatic hydroxyl groups excluding tert-OH is 1. The lowest BCUT2D eigenvalue weighted by Gasteiger charge is -2.29. The molecule has 2 aliphatic rings. The molecule has 7 heteroatoms. The number of nitrogens with zero attached hydrogens (tertiary/aromatic N) is 2. The summed E-state index contributed by atoms with van der Waals surface area (Å²) in [5.41, 5.74) is 1.22. The number of benzene rings is 1. The molecule has 2 saturated heterocycles. The highest BCUT2D eigenvalue weighted by Crippen LogP contribution is 2.32. The number of nitrogens with one attached hydrogen (secondary N) is 2. The highest BCUT2D eigenvalue weighted by Gasteiger charge is 2.34. The molecule has 0 bridgehead atoms. The van der Waals surface area contributed by atoms with Crippen LogP contribution < -0.4 is 15.4 Å². The van der Waals surface area contributed by atoms with Crippen LogP contribution in [0.2, 0.25) is 0 Å². The number of methoxy groups -OCH3 is 1. The van der Waals surface area contributed by atoms with Crippen LogP contribution in [-0.4, -0.2) is 75.6 Å². The van der Waals surface area contributed by atoms with Gasteiger partial charge in [0.1, 0.15) is 5.75 Å². The molecule has 7 nitrogen and oxygen atoms in total. The quantitative estimate of drug-likeness (QED) is 0.399. The van der Waals surface area contributed by atoms with Crippen molar-refractivity contribution in [1.29, 1.82) is 0 Å². The molecule has 2 unspecified atom stereocenters. The Kier molecular flexibility index (Phi) is 8.78. The third-order valence-electron chi connectivity index (χ3n) is 6.27. The van der Waals surface area contributed by atoms with E-state index >= 15 is 0 Å². The summed E-state index contributed by atoms with van der Waals surface area (Å²) in [6.07, 6.45) is 4.18. The first-order valence-corrected chi connectivity index (χ1v) is 11.3. The second kappa shape index (κ2) is 11.5. The summed E-state index contributed by atoms with van der Waals surface area (Å²) in [6, 6.07) is 8.65. The van der Waals surface area contributed by atoms with E-state index in [1.807, 2.05) is 6.07 Å². The van der Waals surface area contributed by atoms with Crippen molar-refractivity contribution in [2.75, 3.05) is 59.7 Å². The Bertz CT molecular complexity index is 670. The van der Waals surface area contributed by atoms with Crippen molar-refractivity contribution in [3.63, 3.8) is 0 Å². The smallest absolute Gasteiger partial charge is 0.191 e. The van der Waals surface area contributed by atoms with E-state index in [1.165, 1.54) is 18.4 Å². The van der Waals surface area contributed by atoms with Crippen LogP contribution in [0.25, 0.3) is 0 Å². The van der Waals surface area contributed by atoms with Crippen molar-refractivity contribution in [3.05, 3.63) is 29.8 Å². The average molecular weight is 419 g/mol. The van der Waals surface area contributed by atoms with Crippen LogP contribution in [0.4, 0.5) is 0 Å². The first-order valence-electron chi connectivity index (χ1n) is 11.3. The topological polar surface area (TPSA) is 78.4 Å². The van der Waals surface area contributed by atoms with E-state index in [0.29, 0.717) is 13.2 Å². The number of guanidine groups is 1. The summed E-state index contributed by atoms with van der Waals surface area (Å²) in [5.74, 6) is 1.72. The van der Waals surface area contributed by atoms with Crippen molar-refractivity contribution >= 4 is 5.96 Å². The predicted octanol–water partition coefficient (Wildman–Crippen LogP) is 2.18. The Hall–Kier alpha value is -1.83. The summed E-state index contributed by atoms with van der Waals surface area (Å²) in [5, 5.41) is 16.4. The van der Waals surface area contributed by atoms with Gasteiger partial charge >= 0.3 is 0 Å². The summed E-state index contributed by atoms with van der Waals surface area (Å²) in [4.78, 5) is 7.42. The van der Waals surface area contributed by atoms with Crippen LogP contribution in [0, 0.1) is 5.41 Å².